The quantitative estimate of drug-likeness (QED) is 0.894. The number of likely N-dealkylation sites (tertiary alicyclic amines) is 1. The van der Waals surface area contributed by atoms with Crippen LogP contribution in [-0.4, -0.2) is 46.7 Å². The van der Waals surface area contributed by atoms with Crippen LogP contribution in [-0.2, 0) is 0 Å². The molecule has 0 radical (unpaired) electrons. The molecule has 2 rings (SSSR count). The van der Waals surface area contributed by atoms with Gasteiger partial charge in [0.2, 0.25) is 5.88 Å². The Labute approximate surface area is 113 Å². The van der Waals surface area contributed by atoms with Crippen LogP contribution in [0.1, 0.15) is 36.5 Å². The zero-order chi connectivity index (χ0) is 13.8. The van der Waals surface area contributed by atoms with Crippen LogP contribution >= 0.6 is 0 Å². The van der Waals surface area contributed by atoms with Crippen molar-refractivity contribution < 1.29 is 14.6 Å². The first-order valence-corrected chi connectivity index (χ1v) is 6.61. The molecule has 1 amide bonds. The molecule has 1 aliphatic rings. The SMILES string of the molecule is COc1ncccc1C(=O)N1CCCC1CC(C)O. The van der Waals surface area contributed by atoms with Gasteiger partial charge < -0.3 is 14.7 Å². The molecule has 0 spiro atoms. The molecule has 104 valence electrons. The van der Waals surface area contributed by atoms with E-state index in [2.05, 4.69) is 4.98 Å². The number of amides is 1. The Kier molecular flexibility index (Phi) is 4.37. The van der Waals surface area contributed by atoms with Crippen molar-refractivity contribution in [2.45, 2.75) is 38.3 Å². The molecule has 1 saturated heterocycles. The van der Waals surface area contributed by atoms with Gasteiger partial charge in [0.25, 0.3) is 5.91 Å². The maximum Gasteiger partial charge on any atom is 0.259 e. The van der Waals surface area contributed by atoms with E-state index in [1.54, 1.807) is 25.3 Å². The van der Waals surface area contributed by atoms with Crippen molar-refractivity contribution in [1.82, 2.24) is 9.88 Å². The molecular weight excluding hydrogens is 244 g/mol. The highest BCUT2D eigenvalue weighted by Gasteiger charge is 2.31. The maximum atomic E-state index is 12.5. The molecule has 0 aliphatic carbocycles. The van der Waals surface area contributed by atoms with Crippen LogP contribution < -0.4 is 4.74 Å². The molecule has 1 aromatic heterocycles. The predicted molar refractivity (Wildman–Crippen MR) is 71.1 cm³/mol. The lowest BCUT2D eigenvalue weighted by Gasteiger charge is -2.26. The van der Waals surface area contributed by atoms with E-state index in [1.807, 2.05) is 4.90 Å². The van der Waals surface area contributed by atoms with E-state index in [-0.39, 0.29) is 11.9 Å². The molecule has 2 atom stereocenters. The highest BCUT2D eigenvalue weighted by atomic mass is 16.5. The van der Waals surface area contributed by atoms with Crippen molar-refractivity contribution in [3.8, 4) is 5.88 Å². The fourth-order valence-corrected chi connectivity index (χ4v) is 2.61. The zero-order valence-corrected chi connectivity index (χ0v) is 11.4. The third-order valence-corrected chi connectivity index (χ3v) is 3.45. The van der Waals surface area contributed by atoms with Gasteiger partial charge in [-0.2, -0.15) is 0 Å². The molecular formula is C14H20N2O3. The number of pyridine rings is 1. The summed E-state index contributed by atoms with van der Waals surface area (Å²) in [5.74, 6) is 0.295. The maximum absolute atomic E-state index is 12.5. The molecule has 19 heavy (non-hydrogen) atoms. The average molecular weight is 264 g/mol. The van der Waals surface area contributed by atoms with Crippen LogP contribution in [0, 0.1) is 0 Å². The van der Waals surface area contributed by atoms with E-state index < -0.39 is 6.10 Å². The van der Waals surface area contributed by atoms with Gasteiger partial charge in [0.1, 0.15) is 5.56 Å². The smallest absolute Gasteiger partial charge is 0.259 e. The van der Waals surface area contributed by atoms with Crippen molar-refractivity contribution in [3.05, 3.63) is 23.9 Å². The Balaban J connectivity index is 2.18. The standard InChI is InChI=1S/C14H20N2O3/c1-10(17)9-11-5-4-8-16(11)14(18)12-6-3-7-15-13(12)19-2/h3,6-7,10-11,17H,4-5,8-9H2,1-2H3. The normalized spacial score (nSPS) is 20.4. The van der Waals surface area contributed by atoms with Gasteiger partial charge in [-0.15, -0.1) is 0 Å². The van der Waals surface area contributed by atoms with Gasteiger partial charge in [-0.3, -0.25) is 4.79 Å². The Bertz CT molecular complexity index is 448. The van der Waals surface area contributed by atoms with Crippen molar-refractivity contribution in [2.75, 3.05) is 13.7 Å². The third kappa shape index (κ3) is 3.04. The first kappa shape index (κ1) is 13.8. The Morgan fingerprint density at radius 2 is 2.47 bits per heavy atom. The van der Waals surface area contributed by atoms with Crippen molar-refractivity contribution in [1.29, 1.82) is 0 Å². The molecule has 0 saturated carbocycles. The highest BCUT2D eigenvalue weighted by Crippen LogP contribution is 2.26. The summed E-state index contributed by atoms with van der Waals surface area (Å²) in [6.07, 6.45) is 3.75. The second-order valence-electron chi connectivity index (χ2n) is 4.94. The van der Waals surface area contributed by atoms with Gasteiger partial charge in [-0.25, -0.2) is 4.98 Å². The average Bonchev–Trinajstić information content (AvgIpc) is 2.85. The lowest BCUT2D eigenvalue weighted by Crippen LogP contribution is -2.37. The summed E-state index contributed by atoms with van der Waals surface area (Å²) in [7, 11) is 1.51. The van der Waals surface area contributed by atoms with Gasteiger partial charge in [0.15, 0.2) is 0 Å². The van der Waals surface area contributed by atoms with E-state index in [0.29, 0.717) is 17.9 Å². The number of carbonyl (C=O) groups excluding carboxylic acids is 1. The molecule has 5 nitrogen and oxygen atoms in total. The summed E-state index contributed by atoms with van der Waals surface area (Å²) in [4.78, 5) is 18.4. The van der Waals surface area contributed by atoms with E-state index >= 15 is 0 Å². The summed E-state index contributed by atoms with van der Waals surface area (Å²) in [5.41, 5.74) is 0.488. The van der Waals surface area contributed by atoms with Crippen LogP contribution in [0.2, 0.25) is 0 Å². The van der Waals surface area contributed by atoms with E-state index in [9.17, 15) is 9.90 Å². The largest absolute Gasteiger partial charge is 0.480 e. The second kappa shape index (κ2) is 6.02. The summed E-state index contributed by atoms with van der Waals surface area (Å²) in [6, 6.07) is 3.57. The Morgan fingerprint density at radius 1 is 1.68 bits per heavy atom. The number of hydrogen-bond donors (Lipinski definition) is 1. The lowest BCUT2D eigenvalue weighted by atomic mass is 10.1. The molecule has 0 aromatic carbocycles. The first-order valence-electron chi connectivity index (χ1n) is 6.61. The molecule has 1 N–H and O–H groups in total. The van der Waals surface area contributed by atoms with Gasteiger partial charge >= 0.3 is 0 Å². The minimum atomic E-state index is -0.394. The number of methoxy groups -OCH3 is 1. The Hall–Kier alpha value is -1.62. The number of aliphatic hydroxyl groups excluding tert-OH is 1. The number of carbonyl (C=O) groups is 1. The van der Waals surface area contributed by atoms with Crippen LogP contribution in [0.15, 0.2) is 18.3 Å². The fraction of sp³-hybridized carbons (Fsp3) is 0.571. The van der Waals surface area contributed by atoms with Crippen LogP contribution in [0.5, 0.6) is 5.88 Å². The fourth-order valence-electron chi connectivity index (χ4n) is 2.61. The van der Waals surface area contributed by atoms with E-state index in [1.165, 1.54) is 7.11 Å². The zero-order valence-electron chi connectivity index (χ0n) is 11.4. The van der Waals surface area contributed by atoms with Gasteiger partial charge in [-0.1, -0.05) is 0 Å². The molecule has 0 bridgehead atoms. The first-order chi connectivity index (χ1) is 9.13. The van der Waals surface area contributed by atoms with Crippen LogP contribution in [0.25, 0.3) is 0 Å². The van der Waals surface area contributed by atoms with Crippen molar-refractivity contribution in [2.24, 2.45) is 0 Å². The number of hydrogen-bond acceptors (Lipinski definition) is 4. The minimum absolute atomic E-state index is 0.0619. The minimum Gasteiger partial charge on any atom is -0.480 e. The van der Waals surface area contributed by atoms with Gasteiger partial charge in [0.05, 0.1) is 13.2 Å². The lowest BCUT2D eigenvalue weighted by molar-refractivity contribution is 0.0678. The highest BCUT2D eigenvalue weighted by molar-refractivity contribution is 5.96. The molecule has 2 heterocycles. The number of aliphatic hydroxyl groups is 1. The number of nitrogens with zero attached hydrogens (tertiary/aromatic N) is 2. The number of aromatic nitrogens is 1. The molecule has 1 aliphatic heterocycles. The monoisotopic (exact) mass is 264 g/mol. The predicted octanol–water partition coefficient (Wildman–Crippen LogP) is 1.47. The van der Waals surface area contributed by atoms with Crippen molar-refractivity contribution >= 4 is 5.91 Å². The summed E-state index contributed by atoms with van der Waals surface area (Å²) in [5, 5.41) is 9.51. The summed E-state index contributed by atoms with van der Waals surface area (Å²) >= 11 is 0. The summed E-state index contributed by atoms with van der Waals surface area (Å²) in [6.45, 7) is 2.49. The van der Waals surface area contributed by atoms with E-state index in [4.69, 9.17) is 4.74 Å². The Morgan fingerprint density at radius 3 is 3.16 bits per heavy atom. The van der Waals surface area contributed by atoms with E-state index in [0.717, 1.165) is 19.4 Å². The molecule has 1 aromatic rings. The second-order valence-corrected chi connectivity index (χ2v) is 4.94. The summed E-state index contributed by atoms with van der Waals surface area (Å²) < 4.78 is 5.13. The molecule has 2 unspecified atom stereocenters. The molecule has 5 heteroatoms. The van der Waals surface area contributed by atoms with Crippen molar-refractivity contribution in [3.63, 3.8) is 0 Å². The van der Waals surface area contributed by atoms with Crippen LogP contribution in [0.3, 0.4) is 0 Å². The third-order valence-electron chi connectivity index (χ3n) is 3.45. The van der Waals surface area contributed by atoms with Gasteiger partial charge in [0, 0.05) is 18.8 Å². The molecule has 1 fully saturated rings. The number of ether oxygens (including phenoxy) is 1. The van der Waals surface area contributed by atoms with Gasteiger partial charge in [-0.05, 0) is 38.3 Å². The number of rotatable bonds is 4. The topological polar surface area (TPSA) is 62.7 Å². The van der Waals surface area contributed by atoms with Crippen LogP contribution in [0.4, 0.5) is 0 Å².